The number of fused-ring (bicyclic) bond motifs is 1. The molecule has 1 N–H and O–H groups in total. The van der Waals surface area contributed by atoms with E-state index in [0.717, 1.165) is 5.39 Å². The van der Waals surface area contributed by atoms with Crippen LogP contribution in [0.15, 0.2) is 30.5 Å². The minimum Gasteiger partial charge on any atom is -0.508 e. The second-order valence-corrected chi connectivity index (χ2v) is 2.71. The van der Waals surface area contributed by atoms with E-state index in [4.69, 9.17) is 10.4 Å². The topological polar surface area (TPSA) is 56.9 Å². The van der Waals surface area contributed by atoms with E-state index in [0.29, 0.717) is 11.1 Å². The van der Waals surface area contributed by atoms with Crippen molar-refractivity contribution in [3.63, 3.8) is 0 Å². The summed E-state index contributed by atoms with van der Waals surface area (Å²) in [6.07, 6.45) is 1.49. The molecule has 0 bridgehead atoms. The lowest BCUT2D eigenvalue weighted by Crippen LogP contribution is -1.81. The van der Waals surface area contributed by atoms with Crippen LogP contribution < -0.4 is 0 Å². The number of aromatic nitrogens is 1. The maximum absolute atomic E-state index is 9.15. The molecular weight excluding hydrogens is 164 g/mol. The van der Waals surface area contributed by atoms with E-state index < -0.39 is 0 Å². The first-order valence-corrected chi connectivity index (χ1v) is 3.78. The normalized spacial score (nSPS) is 9.77. The Hall–Kier alpha value is -2.08. The SMILES string of the molecule is N#Cc1cnc2cc(O)ccc2c1. The third-order valence-corrected chi connectivity index (χ3v) is 1.80. The third kappa shape index (κ3) is 1.30. The number of nitrogens with zero attached hydrogens (tertiary/aromatic N) is 2. The zero-order valence-electron chi connectivity index (χ0n) is 6.73. The summed E-state index contributed by atoms with van der Waals surface area (Å²) in [5, 5.41) is 18.6. The second kappa shape index (κ2) is 2.76. The Balaban J connectivity index is 2.75. The number of benzene rings is 1. The van der Waals surface area contributed by atoms with Crippen molar-refractivity contribution in [3.8, 4) is 11.8 Å². The van der Waals surface area contributed by atoms with E-state index in [1.807, 2.05) is 6.07 Å². The summed E-state index contributed by atoms with van der Waals surface area (Å²) in [7, 11) is 0. The average molecular weight is 170 g/mol. The van der Waals surface area contributed by atoms with Crippen LogP contribution in [0.25, 0.3) is 10.9 Å². The molecule has 1 heterocycles. The third-order valence-electron chi connectivity index (χ3n) is 1.80. The van der Waals surface area contributed by atoms with Crippen molar-refractivity contribution in [1.29, 1.82) is 5.26 Å². The van der Waals surface area contributed by atoms with E-state index in [2.05, 4.69) is 4.98 Å². The molecule has 3 heteroatoms. The van der Waals surface area contributed by atoms with Gasteiger partial charge in [-0.15, -0.1) is 0 Å². The van der Waals surface area contributed by atoms with Gasteiger partial charge in [-0.2, -0.15) is 5.26 Å². The van der Waals surface area contributed by atoms with Gasteiger partial charge in [0.2, 0.25) is 0 Å². The van der Waals surface area contributed by atoms with Gasteiger partial charge in [-0.05, 0) is 18.2 Å². The van der Waals surface area contributed by atoms with E-state index in [1.54, 1.807) is 24.3 Å². The summed E-state index contributed by atoms with van der Waals surface area (Å²) in [5.41, 5.74) is 1.22. The van der Waals surface area contributed by atoms with Crippen molar-refractivity contribution in [2.45, 2.75) is 0 Å². The first kappa shape index (κ1) is 7.56. The van der Waals surface area contributed by atoms with Crippen LogP contribution in [-0.4, -0.2) is 10.1 Å². The van der Waals surface area contributed by atoms with Gasteiger partial charge in [-0.1, -0.05) is 0 Å². The lowest BCUT2D eigenvalue weighted by Gasteiger charge is -1.97. The summed E-state index contributed by atoms with van der Waals surface area (Å²) < 4.78 is 0. The van der Waals surface area contributed by atoms with Gasteiger partial charge in [0.05, 0.1) is 11.1 Å². The molecule has 62 valence electrons. The van der Waals surface area contributed by atoms with Gasteiger partial charge in [0, 0.05) is 17.6 Å². The fourth-order valence-electron chi connectivity index (χ4n) is 1.17. The number of hydrogen-bond donors (Lipinski definition) is 1. The summed E-state index contributed by atoms with van der Waals surface area (Å²) >= 11 is 0. The van der Waals surface area contributed by atoms with Crippen LogP contribution in [0, 0.1) is 11.3 Å². The minimum absolute atomic E-state index is 0.185. The van der Waals surface area contributed by atoms with E-state index in [9.17, 15) is 0 Å². The molecule has 2 rings (SSSR count). The lowest BCUT2D eigenvalue weighted by molar-refractivity contribution is 0.476. The van der Waals surface area contributed by atoms with Gasteiger partial charge in [0.25, 0.3) is 0 Å². The fourth-order valence-corrected chi connectivity index (χ4v) is 1.17. The Morgan fingerprint density at radius 2 is 2.15 bits per heavy atom. The van der Waals surface area contributed by atoms with Gasteiger partial charge < -0.3 is 5.11 Å². The van der Waals surface area contributed by atoms with Gasteiger partial charge in [-0.3, -0.25) is 4.98 Å². The molecule has 0 aliphatic heterocycles. The Labute approximate surface area is 74.9 Å². The monoisotopic (exact) mass is 170 g/mol. The van der Waals surface area contributed by atoms with Crippen LogP contribution in [0.5, 0.6) is 5.75 Å². The Morgan fingerprint density at radius 3 is 2.92 bits per heavy atom. The lowest BCUT2D eigenvalue weighted by atomic mass is 10.2. The van der Waals surface area contributed by atoms with Crippen LogP contribution in [0.4, 0.5) is 0 Å². The van der Waals surface area contributed by atoms with Crippen LogP contribution in [0.2, 0.25) is 0 Å². The molecule has 0 atom stereocenters. The molecule has 2 aromatic rings. The fraction of sp³-hybridized carbons (Fsp3) is 0. The van der Waals surface area contributed by atoms with Crippen molar-refractivity contribution in [3.05, 3.63) is 36.0 Å². The highest BCUT2D eigenvalue weighted by Gasteiger charge is 1.97. The van der Waals surface area contributed by atoms with E-state index >= 15 is 0 Å². The Bertz CT molecular complexity index is 500. The molecule has 0 saturated heterocycles. The molecule has 13 heavy (non-hydrogen) atoms. The molecule has 0 aliphatic carbocycles. The van der Waals surface area contributed by atoms with Crippen molar-refractivity contribution in [2.75, 3.05) is 0 Å². The summed E-state index contributed by atoms with van der Waals surface area (Å²) in [4.78, 5) is 4.03. The molecule has 0 fully saturated rings. The van der Waals surface area contributed by atoms with E-state index in [1.165, 1.54) is 6.20 Å². The van der Waals surface area contributed by atoms with Crippen LogP contribution in [0.3, 0.4) is 0 Å². The maximum atomic E-state index is 9.15. The number of aromatic hydroxyl groups is 1. The molecule has 0 aliphatic rings. The summed E-state index contributed by atoms with van der Waals surface area (Å²) in [6, 6.07) is 8.62. The van der Waals surface area contributed by atoms with Gasteiger partial charge in [-0.25, -0.2) is 0 Å². The predicted octanol–water partition coefficient (Wildman–Crippen LogP) is 1.81. The van der Waals surface area contributed by atoms with Crippen LogP contribution in [-0.2, 0) is 0 Å². The molecule has 0 amide bonds. The van der Waals surface area contributed by atoms with Gasteiger partial charge >= 0.3 is 0 Å². The highest BCUT2D eigenvalue weighted by atomic mass is 16.3. The maximum Gasteiger partial charge on any atom is 0.117 e. The number of phenolic OH excluding ortho intramolecular Hbond substituents is 1. The average Bonchev–Trinajstić information content (AvgIpc) is 2.17. The van der Waals surface area contributed by atoms with Crippen LogP contribution in [0.1, 0.15) is 5.56 Å². The van der Waals surface area contributed by atoms with E-state index in [-0.39, 0.29) is 5.75 Å². The second-order valence-electron chi connectivity index (χ2n) is 2.71. The van der Waals surface area contributed by atoms with Crippen LogP contribution >= 0.6 is 0 Å². The molecule has 3 nitrogen and oxygen atoms in total. The number of rotatable bonds is 0. The molecule has 0 unspecified atom stereocenters. The summed E-state index contributed by atoms with van der Waals surface area (Å²) in [5.74, 6) is 0.185. The standard InChI is InChI=1S/C10H6N2O/c11-5-7-3-8-1-2-9(13)4-10(8)12-6-7/h1-4,6,13H. The van der Waals surface area contributed by atoms with Crippen molar-refractivity contribution < 1.29 is 5.11 Å². The molecule has 0 radical (unpaired) electrons. The quantitative estimate of drug-likeness (QED) is 0.656. The smallest absolute Gasteiger partial charge is 0.117 e. The number of hydrogen-bond acceptors (Lipinski definition) is 3. The van der Waals surface area contributed by atoms with Crippen molar-refractivity contribution in [1.82, 2.24) is 4.98 Å². The Morgan fingerprint density at radius 1 is 1.31 bits per heavy atom. The molecule has 0 saturated carbocycles. The first-order valence-electron chi connectivity index (χ1n) is 3.78. The first-order chi connectivity index (χ1) is 6.29. The largest absolute Gasteiger partial charge is 0.508 e. The Kier molecular flexibility index (Phi) is 1.60. The molecule has 1 aromatic carbocycles. The zero-order valence-corrected chi connectivity index (χ0v) is 6.73. The zero-order chi connectivity index (χ0) is 9.26. The number of phenols is 1. The number of nitriles is 1. The highest BCUT2D eigenvalue weighted by Crippen LogP contribution is 2.18. The van der Waals surface area contributed by atoms with Gasteiger partial charge in [0.1, 0.15) is 11.8 Å². The summed E-state index contributed by atoms with van der Waals surface area (Å²) in [6.45, 7) is 0. The van der Waals surface area contributed by atoms with Crippen molar-refractivity contribution in [2.24, 2.45) is 0 Å². The minimum atomic E-state index is 0.185. The van der Waals surface area contributed by atoms with Crippen molar-refractivity contribution >= 4 is 10.9 Å². The van der Waals surface area contributed by atoms with Gasteiger partial charge in [0.15, 0.2) is 0 Å². The molecule has 1 aromatic heterocycles. The molecular formula is C10H6N2O. The molecule has 0 spiro atoms. The highest BCUT2D eigenvalue weighted by molar-refractivity contribution is 5.80. The number of pyridine rings is 1. The predicted molar refractivity (Wildman–Crippen MR) is 48.1 cm³/mol.